The molecule has 0 aromatic heterocycles. The predicted octanol–water partition coefficient (Wildman–Crippen LogP) is 16.8. The molecule has 1 unspecified atom stereocenters. The molecule has 0 bridgehead atoms. The molecule has 0 fully saturated rings. The number of ether oxygens (including phenoxy) is 3. The minimum absolute atomic E-state index is 0.111. The SMILES string of the molecule is CCCC/C=C\C=C/CCCCCC(=O)OCC(COC(=O)CCC/C=C\C/C=C\C/C=C\C/C=C\CCCCC)OC(=O)CCCCCCC/C=C\CCCCCCCCC. The third kappa shape index (κ3) is 47.6. The maximum Gasteiger partial charge on any atom is 0.306 e. The fourth-order valence-electron chi connectivity index (χ4n) is 6.70. The maximum absolute atomic E-state index is 12.8. The molecule has 6 heteroatoms. The Morgan fingerprint density at radius 1 is 0.339 bits per heavy atom. The van der Waals surface area contributed by atoms with Gasteiger partial charge in [0.15, 0.2) is 6.10 Å². The van der Waals surface area contributed by atoms with Crippen molar-refractivity contribution >= 4 is 17.9 Å². The van der Waals surface area contributed by atoms with Crippen LogP contribution in [0.25, 0.3) is 0 Å². The van der Waals surface area contributed by atoms with Crippen molar-refractivity contribution in [2.75, 3.05) is 13.2 Å². The number of allylic oxidation sites excluding steroid dienone is 14. The van der Waals surface area contributed by atoms with Crippen molar-refractivity contribution in [3.05, 3.63) is 85.1 Å². The fraction of sp³-hybridized carbons (Fsp3) is 0.696. The highest BCUT2D eigenvalue weighted by atomic mass is 16.6. The van der Waals surface area contributed by atoms with Crippen LogP contribution in [-0.2, 0) is 28.6 Å². The van der Waals surface area contributed by atoms with Crippen molar-refractivity contribution in [2.45, 2.75) is 239 Å². The smallest absolute Gasteiger partial charge is 0.306 e. The van der Waals surface area contributed by atoms with Crippen molar-refractivity contribution in [1.82, 2.24) is 0 Å². The number of carbonyl (C=O) groups is 3. The van der Waals surface area contributed by atoms with Gasteiger partial charge in [0.25, 0.3) is 0 Å². The second kappa shape index (κ2) is 50.2. The normalized spacial score (nSPS) is 12.8. The molecule has 0 amide bonds. The molecule has 0 saturated carbocycles. The number of unbranched alkanes of at least 4 members (excludes halogenated alkanes) is 21. The molecule has 1 atom stereocenters. The Morgan fingerprint density at radius 2 is 0.661 bits per heavy atom. The van der Waals surface area contributed by atoms with Crippen LogP contribution in [0.4, 0.5) is 0 Å². The lowest BCUT2D eigenvalue weighted by Gasteiger charge is -2.18. The molecule has 6 nitrogen and oxygen atoms in total. The van der Waals surface area contributed by atoms with E-state index in [-0.39, 0.29) is 37.5 Å². The first-order chi connectivity index (χ1) is 30.5. The highest BCUT2D eigenvalue weighted by Gasteiger charge is 2.19. The molecular weight excluding hydrogens is 769 g/mol. The van der Waals surface area contributed by atoms with Crippen molar-refractivity contribution in [2.24, 2.45) is 0 Å². The molecule has 62 heavy (non-hydrogen) atoms. The van der Waals surface area contributed by atoms with Crippen LogP contribution < -0.4 is 0 Å². The molecule has 0 saturated heterocycles. The third-order valence-corrected chi connectivity index (χ3v) is 10.6. The molecule has 0 aromatic carbocycles. The van der Waals surface area contributed by atoms with Crippen LogP contribution in [0.15, 0.2) is 85.1 Å². The summed E-state index contributed by atoms with van der Waals surface area (Å²) in [5.74, 6) is -1.01. The Hall–Kier alpha value is -3.41. The Kier molecular flexibility index (Phi) is 47.5. The van der Waals surface area contributed by atoms with Gasteiger partial charge >= 0.3 is 17.9 Å². The van der Waals surface area contributed by atoms with Crippen molar-refractivity contribution in [3.8, 4) is 0 Å². The van der Waals surface area contributed by atoms with Gasteiger partial charge in [0.1, 0.15) is 13.2 Å². The van der Waals surface area contributed by atoms with E-state index in [0.29, 0.717) is 19.3 Å². The Balaban J connectivity index is 4.50. The summed E-state index contributed by atoms with van der Waals surface area (Å²) in [4.78, 5) is 37.9. The molecule has 0 aliphatic carbocycles. The van der Waals surface area contributed by atoms with Gasteiger partial charge in [-0.15, -0.1) is 0 Å². The Labute approximate surface area is 382 Å². The average molecular weight is 863 g/mol. The summed E-state index contributed by atoms with van der Waals surface area (Å²) >= 11 is 0. The van der Waals surface area contributed by atoms with Gasteiger partial charge in [0.05, 0.1) is 0 Å². The van der Waals surface area contributed by atoms with Crippen molar-refractivity contribution in [1.29, 1.82) is 0 Å². The fourth-order valence-corrected chi connectivity index (χ4v) is 6.70. The van der Waals surface area contributed by atoms with E-state index in [4.69, 9.17) is 14.2 Å². The molecule has 0 aliphatic heterocycles. The summed E-state index contributed by atoms with van der Waals surface area (Å²) in [6.07, 6.45) is 64.3. The van der Waals surface area contributed by atoms with E-state index < -0.39 is 6.10 Å². The quantitative estimate of drug-likeness (QED) is 0.0199. The lowest BCUT2D eigenvalue weighted by molar-refractivity contribution is -0.167. The first-order valence-corrected chi connectivity index (χ1v) is 25.6. The number of carbonyl (C=O) groups excluding carboxylic acids is 3. The molecule has 0 aromatic rings. The van der Waals surface area contributed by atoms with Crippen LogP contribution in [0.1, 0.15) is 233 Å². The Bertz CT molecular complexity index is 1220. The second-order valence-corrected chi connectivity index (χ2v) is 16.7. The standard InChI is InChI=1S/C56H94O6/c1-4-7-10-13-16-19-22-24-26-28-30-31-34-37-40-43-46-49-55(58)61-52-53(51-60-54(57)48-45-42-39-36-33-21-18-15-12-9-6-3)62-56(59)50-47-44-41-38-35-32-29-27-25-23-20-17-14-11-8-5-2/h15-16,18-19,21,24,26-27,29-31,33,37,40,53H,4-14,17,20,22-23,25,28,32,34-36,38-39,41-52H2,1-3H3/b18-15-,19-16-,26-24-,29-27-,31-30-,33-21-,40-37-. The summed E-state index contributed by atoms with van der Waals surface area (Å²) in [5, 5.41) is 0. The Morgan fingerprint density at radius 3 is 1.18 bits per heavy atom. The average Bonchev–Trinajstić information content (AvgIpc) is 3.27. The molecule has 0 radical (unpaired) electrons. The number of hydrogen-bond donors (Lipinski definition) is 0. The molecular formula is C56H94O6. The highest BCUT2D eigenvalue weighted by molar-refractivity contribution is 5.71. The topological polar surface area (TPSA) is 78.9 Å². The zero-order valence-corrected chi connectivity index (χ0v) is 40.4. The summed E-state index contributed by atoms with van der Waals surface area (Å²) in [6.45, 7) is 6.47. The van der Waals surface area contributed by atoms with E-state index in [2.05, 4.69) is 106 Å². The van der Waals surface area contributed by atoms with Crippen molar-refractivity contribution in [3.63, 3.8) is 0 Å². The minimum atomic E-state index is -0.813. The van der Waals surface area contributed by atoms with Gasteiger partial charge in [0, 0.05) is 19.3 Å². The number of esters is 3. The van der Waals surface area contributed by atoms with Crippen LogP contribution in [0.5, 0.6) is 0 Å². The third-order valence-electron chi connectivity index (χ3n) is 10.6. The lowest BCUT2D eigenvalue weighted by Crippen LogP contribution is -2.30. The second-order valence-electron chi connectivity index (χ2n) is 16.7. The van der Waals surface area contributed by atoms with E-state index in [9.17, 15) is 14.4 Å². The van der Waals surface area contributed by atoms with Gasteiger partial charge in [-0.2, -0.15) is 0 Å². The largest absolute Gasteiger partial charge is 0.462 e. The summed E-state index contributed by atoms with van der Waals surface area (Å²) in [5.41, 5.74) is 0. The van der Waals surface area contributed by atoms with Gasteiger partial charge in [-0.3, -0.25) is 14.4 Å². The summed E-state index contributed by atoms with van der Waals surface area (Å²) < 4.78 is 16.7. The first-order valence-electron chi connectivity index (χ1n) is 25.6. The van der Waals surface area contributed by atoms with Crippen LogP contribution in [0.2, 0.25) is 0 Å². The van der Waals surface area contributed by atoms with Crippen LogP contribution >= 0.6 is 0 Å². The molecule has 0 aliphatic rings. The summed E-state index contributed by atoms with van der Waals surface area (Å²) in [6, 6.07) is 0. The van der Waals surface area contributed by atoms with E-state index in [1.165, 1.54) is 96.3 Å². The molecule has 0 heterocycles. The van der Waals surface area contributed by atoms with Crippen molar-refractivity contribution < 1.29 is 28.6 Å². The zero-order chi connectivity index (χ0) is 45.1. The van der Waals surface area contributed by atoms with E-state index >= 15 is 0 Å². The molecule has 0 spiro atoms. The van der Waals surface area contributed by atoms with Gasteiger partial charge in [-0.05, 0) is 103 Å². The first kappa shape index (κ1) is 58.6. The van der Waals surface area contributed by atoms with Crippen LogP contribution in [-0.4, -0.2) is 37.2 Å². The molecule has 0 rings (SSSR count). The van der Waals surface area contributed by atoms with Crippen LogP contribution in [0.3, 0.4) is 0 Å². The molecule has 354 valence electrons. The molecule has 0 N–H and O–H groups in total. The van der Waals surface area contributed by atoms with Gasteiger partial charge in [-0.25, -0.2) is 0 Å². The summed E-state index contributed by atoms with van der Waals surface area (Å²) in [7, 11) is 0. The van der Waals surface area contributed by atoms with Gasteiger partial charge < -0.3 is 14.2 Å². The highest BCUT2D eigenvalue weighted by Crippen LogP contribution is 2.13. The van der Waals surface area contributed by atoms with E-state index in [0.717, 1.165) is 89.9 Å². The zero-order valence-electron chi connectivity index (χ0n) is 40.4. The van der Waals surface area contributed by atoms with E-state index in [1.54, 1.807) is 0 Å². The minimum Gasteiger partial charge on any atom is -0.462 e. The van der Waals surface area contributed by atoms with Gasteiger partial charge in [-0.1, -0.05) is 196 Å². The monoisotopic (exact) mass is 863 g/mol. The number of hydrogen-bond acceptors (Lipinski definition) is 6. The van der Waals surface area contributed by atoms with Gasteiger partial charge in [0.2, 0.25) is 0 Å². The maximum atomic E-state index is 12.8. The predicted molar refractivity (Wildman–Crippen MR) is 265 cm³/mol. The van der Waals surface area contributed by atoms with E-state index in [1.807, 2.05) is 0 Å². The number of rotatable bonds is 45. The lowest BCUT2D eigenvalue weighted by atomic mass is 10.1. The van der Waals surface area contributed by atoms with Crippen LogP contribution in [0, 0.1) is 0 Å².